The quantitative estimate of drug-likeness (QED) is 0.736. The lowest BCUT2D eigenvalue weighted by Crippen LogP contribution is -2.17. The van der Waals surface area contributed by atoms with Crippen LogP contribution in [-0.4, -0.2) is 22.6 Å². The predicted octanol–water partition coefficient (Wildman–Crippen LogP) is 2.61. The highest BCUT2D eigenvalue weighted by atomic mass is 32.2. The number of aliphatic hydroxyl groups excluding tert-OH is 2. The van der Waals surface area contributed by atoms with Gasteiger partial charge in [0.05, 0.1) is 17.2 Å². The molecule has 3 aromatic rings. The van der Waals surface area contributed by atoms with Gasteiger partial charge in [-0.25, -0.2) is 12.4 Å². The van der Waals surface area contributed by atoms with Gasteiger partial charge in [0, 0.05) is 6.20 Å². The van der Waals surface area contributed by atoms with Crippen LogP contribution < -0.4 is 0 Å². The molecule has 3 rings (SSSR count). The normalized spacial score (nSPS) is 12.9. The van der Waals surface area contributed by atoms with Crippen molar-refractivity contribution in [3.8, 4) is 0 Å². The van der Waals surface area contributed by atoms with Gasteiger partial charge in [0.15, 0.2) is 0 Å². The smallest absolute Gasteiger partial charge is 0.267 e. The first kappa shape index (κ1) is 17.4. The van der Waals surface area contributed by atoms with E-state index in [4.69, 9.17) is 5.11 Å². The number of aryl methyl sites for hydroxylation is 1. The van der Waals surface area contributed by atoms with Gasteiger partial charge in [0.1, 0.15) is 6.10 Å². The zero-order valence-electron chi connectivity index (χ0n) is 13.7. The molecule has 130 valence electrons. The summed E-state index contributed by atoms with van der Waals surface area (Å²) in [6, 6.07) is 16.5. The van der Waals surface area contributed by atoms with E-state index < -0.39 is 16.1 Å². The summed E-state index contributed by atoms with van der Waals surface area (Å²) in [5.41, 5.74) is 2.29. The molecule has 1 atom stereocenters. The fraction of sp³-hybridized carbons (Fsp3) is 0.158. The van der Waals surface area contributed by atoms with Crippen LogP contribution in [-0.2, 0) is 16.6 Å². The van der Waals surface area contributed by atoms with E-state index in [2.05, 4.69) is 0 Å². The van der Waals surface area contributed by atoms with Crippen LogP contribution in [0.15, 0.2) is 71.8 Å². The van der Waals surface area contributed by atoms with Crippen molar-refractivity contribution in [2.45, 2.75) is 24.5 Å². The van der Waals surface area contributed by atoms with Crippen LogP contribution in [0.1, 0.15) is 28.5 Å². The second-order valence-corrected chi connectivity index (χ2v) is 7.67. The summed E-state index contributed by atoms with van der Waals surface area (Å²) in [7, 11) is -3.80. The van der Waals surface area contributed by atoms with Crippen LogP contribution in [0.2, 0.25) is 0 Å². The van der Waals surface area contributed by atoms with Crippen molar-refractivity contribution in [2.24, 2.45) is 0 Å². The minimum atomic E-state index is -3.80. The molecular formula is C19H19NO4S. The number of benzene rings is 2. The Bertz CT molecular complexity index is 960. The molecule has 1 aromatic heterocycles. The highest BCUT2D eigenvalue weighted by Gasteiger charge is 2.24. The molecule has 1 heterocycles. The fourth-order valence-corrected chi connectivity index (χ4v) is 4.15. The molecule has 0 fully saturated rings. The van der Waals surface area contributed by atoms with Gasteiger partial charge in [-0.15, -0.1) is 0 Å². The molecule has 0 aliphatic heterocycles. The van der Waals surface area contributed by atoms with Crippen molar-refractivity contribution in [3.05, 3.63) is 89.2 Å². The summed E-state index contributed by atoms with van der Waals surface area (Å²) in [6.45, 7) is 1.69. The van der Waals surface area contributed by atoms with Crippen LogP contribution in [0.25, 0.3) is 0 Å². The molecule has 2 N–H and O–H groups in total. The Balaban J connectivity index is 2.06. The second-order valence-electron chi connectivity index (χ2n) is 5.86. The maximum absolute atomic E-state index is 12.9. The van der Waals surface area contributed by atoms with Crippen molar-refractivity contribution < 1.29 is 18.6 Å². The Morgan fingerprint density at radius 3 is 2.28 bits per heavy atom. The molecule has 6 heteroatoms. The third-order valence-corrected chi connectivity index (χ3v) is 5.71. The lowest BCUT2D eigenvalue weighted by Gasteiger charge is -2.16. The van der Waals surface area contributed by atoms with Crippen LogP contribution >= 0.6 is 0 Å². The number of rotatable bonds is 5. The van der Waals surface area contributed by atoms with Gasteiger partial charge in [-0.1, -0.05) is 42.5 Å². The van der Waals surface area contributed by atoms with E-state index in [0.717, 1.165) is 15.1 Å². The summed E-state index contributed by atoms with van der Waals surface area (Å²) in [5, 5.41) is 19.8. The zero-order valence-corrected chi connectivity index (χ0v) is 14.5. The maximum atomic E-state index is 12.9. The molecule has 0 aliphatic rings. The highest BCUT2D eigenvalue weighted by Crippen LogP contribution is 2.27. The fourth-order valence-electron chi connectivity index (χ4n) is 2.68. The Kier molecular flexibility index (Phi) is 4.76. The minimum absolute atomic E-state index is 0.0890. The first-order chi connectivity index (χ1) is 11.9. The lowest BCUT2D eigenvalue weighted by molar-refractivity contribution is 0.214. The highest BCUT2D eigenvalue weighted by molar-refractivity contribution is 7.90. The molecule has 0 amide bonds. The molecule has 0 saturated heterocycles. The molecule has 0 bridgehead atoms. The van der Waals surface area contributed by atoms with Crippen LogP contribution in [0.5, 0.6) is 0 Å². The van der Waals surface area contributed by atoms with Crippen LogP contribution in [0.4, 0.5) is 0 Å². The van der Waals surface area contributed by atoms with E-state index in [1.807, 2.05) is 0 Å². The Hall–Kier alpha value is -2.41. The summed E-state index contributed by atoms with van der Waals surface area (Å²) >= 11 is 0. The molecule has 1 unspecified atom stereocenters. The lowest BCUT2D eigenvalue weighted by atomic mass is 10.0. The molecule has 25 heavy (non-hydrogen) atoms. The minimum Gasteiger partial charge on any atom is -0.392 e. The van der Waals surface area contributed by atoms with Gasteiger partial charge in [0.2, 0.25) is 0 Å². The molecule has 0 saturated carbocycles. The number of aromatic nitrogens is 1. The van der Waals surface area contributed by atoms with E-state index in [-0.39, 0.29) is 17.2 Å². The van der Waals surface area contributed by atoms with E-state index in [1.54, 1.807) is 55.5 Å². The first-order valence-electron chi connectivity index (χ1n) is 7.81. The van der Waals surface area contributed by atoms with Crippen molar-refractivity contribution in [2.75, 3.05) is 0 Å². The van der Waals surface area contributed by atoms with E-state index in [0.29, 0.717) is 5.56 Å². The van der Waals surface area contributed by atoms with E-state index in [1.165, 1.54) is 18.3 Å². The summed E-state index contributed by atoms with van der Waals surface area (Å²) in [6.07, 6.45) is 0.406. The topological polar surface area (TPSA) is 79.5 Å². The zero-order chi connectivity index (χ0) is 18.0. The summed E-state index contributed by atoms with van der Waals surface area (Å²) in [4.78, 5) is 0.162. The summed E-state index contributed by atoms with van der Waals surface area (Å²) in [5.74, 6) is 0. The molecule has 5 nitrogen and oxygen atoms in total. The van der Waals surface area contributed by atoms with Crippen molar-refractivity contribution in [1.82, 2.24) is 3.97 Å². The van der Waals surface area contributed by atoms with Gasteiger partial charge in [-0.3, -0.25) is 0 Å². The van der Waals surface area contributed by atoms with Gasteiger partial charge in [0.25, 0.3) is 10.0 Å². The molecule has 2 aromatic carbocycles. The molecule has 0 aliphatic carbocycles. The van der Waals surface area contributed by atoms with Crippen molar-refractivity contribution in [3.63, 3.8) is 0 Å². The van der Waals surface area contributed by atoms with Crippen LogP contribution in [0, 0.1) is 6.92 Å². The number of nitrogens with zero attached hydrogens (tertiary/aromatic N) is 1. The maximum Gasteiger partial charge on any atom is 0.267 e. The first-order valence-corrected chi connectivity index (χ1v) is 9.25. The van der Waals surface area contributed by atoms with Gasteiger partial charge in [-0.05, 0) is 41.8 Å². The van der Waals surface area contributed by atoms with Crippen molar-refractivity contribution >= 4 is 10.0 Å². The SMILES string of the molecule is Cc1cc(C(O)c2ccc(CO)cc2)n(S(=O)(=O)c2ccccc2)c1. The number of hydrogen-bond acceptors (Lipinski definition) is 4. The molecule has 0 spiro atoms. The number of aliphatic hydroxyl groups is 2. The van der Waals surface area contributed by atoms with Gasteiger partial charge < -0.3 is 10.2 Å². The monoisotopic (exact) mass is 357 g/mol. The van der Waals surface area contributed by atoms with E-state index >= 15 is 0 Å². The van der Waals surface area contributed by atoms with Crippen LogP contribution in [0.3, 0.4) is 0 Å². The Labute approximate surface area is 146 Å². The Morgan fingerprint density at radius 2 is 1.68 bits per heavy atom. The number of hydrogen-bond donors (Lipinski definition) is 2. The summed E-state index contributed by atoms with van der Waals surface area (Å²) < 4.78 is 27.0. The Morgan fingerprint density at radius 1 is 1.04 bits per heavy atom. The average Bonchev–Trinajstić information content (AvgIpc) is 3.04. The molecule has 0 radical (unpaired) electrons. The average molecular weight is 357 g/mol. The third kappa shape index (κ3) is 3.37. The van der Waals surface area contributed by atoms with E-state index in [9.17, 15) is 13.5 Å². The standard InChI is InChI=1S/C19H19NO4S/c1-14-11-18(19(22)16-9-7-15(13-21)8-10-16)20(12-14)25(23,24)17-5-3-2-4-6-17/h2-12,19,21-22H,13H2,1H3. The second kappa shape index (κ2) is 6.84. The predicted molar refractivity (Wildman–Crippen MR) is 94.6 cm³/mol. The van der Waals surface area contributed by atoms with Gasteiger partial charge in [-0.2, -0.15) is 0 Å². The molecular weight excluding hydrogens is 338 g/mol. The third-order valence-electron chi connectivity index (χ3n) is 4.01. The van der Waals surface area contributed by atoms with Gasteiger partial charge >= 0.3 is 0 Å². The van der Waals surface area contributed by atoms with Crippen molar-refractivity contribution in [1.29, 1.82) is 0 Å². The largest absolute Gasteiger partial charge is 0.392 e.